The van der Waals surface area contributed by atoms with Gasteiger partial charge in [0.05, 0.1) is 11.6 Å². The van der Waals surface area contributed by atoms with Gasteiger partial charge in [-0.2, -0.15) is 0 Å². The van der Waals surface area contributed by atoms with Crippen LogP contribution in [0.15, 0.2) is 56.0 Å². The molecule has 0 radical (unpaired) electrons. The molecule has 1 aromatic heterocycles. The molecule has 6 heteroatoms. The Kier molecular flexibility index (Phi) is 5.08. The smallest absolute Gasteiger partial charge is 0.315 e. The molecule has 2 atom stereocenters. The number of hydrogen-bond acceptors (Lipinski definition) is 6. The van der Waals surface area contributed by atoms with Crippen molar-refractivity contribution < 1.29 is 18.7 Å². The summed E-state index contributed by atoms with van der Waals surface area (Å²) in [4.78, 5) is 44.4. The third kappa shape index (κ3) is 3.44. The molecule has 2 aromatic rings. The number of carbonyl (C=O) groups excluding carboxylic acids is 2. The normalized spacial score (nSPS) is 24.3. The van der Waals surface area contributed by atoms with Gasteiger partial charge in [-0.3, -0.25) is 19.4 Å². The van der Waals surface area contributed by atoms with Gasteiger partial charge in [0, 0.05) is 34.9 Å². The molecular weight excluding hydrogens is 394 g/mol. The monoisotopic (exact) mass is 419 g/mol. The van der Waals surface area contributed by atoms with Crippen molar-refractivity contribution in [3.63, 3.8) is 0 Å². The van der Waals surface area contributed by atoms with Crippen molar-refractivity contribution >= 4 is 28.4 Å². The molecule has 2 heterocycles. The molecule has 1 aromatic carbocycles. The standard InChI is InChI=1S/C25H25NO5/c1-14-21(25(29)31-15-7-2-3-8-15)22(23-18(26-14)10-6-11-19(23)27)17-13-30-20-12-5-4-9-16(20)24(17)28/h4-5,9,12-13,15,21-22H,2-3,6-8,10-11H2,1H3/t21?,22-/m1/s1. The molecule has 31 heavy (non-hydrogen) atoms. The molecular formula is C25H25NO5. The predicted molar refractivity (Wildman–Crippen MR) is 116 cm³/mol. The molecule has 0 bridgehead atoms. The zero-order chi connectivity index (χ0) is 21.5. The van der Waals surface area contributed by atoms with Crippen LogP contribution in [0.2, 0.25) is 0 Å². The molecule has 2 aliphatic carbocycles. The van der Waals surface area contributed by atoms with Gasteiger partial charge in [-0.1, -0.05) is 12.1 Å². The first kappa shape index (κ1) is 19.9. The molecule has 3 aliphatic rings. The van der Waals surface area contributed by atoms with Crippen molar-refractivity contribution in [2.24, 2.45) is 10.9 Å². The Morgan fingerprint density at radius 1 is 1.10 bits per heavy atom. The summed E-state index contributed by atoms with van der Waals surface area (Å²) in [6.07, 6.45) is 6.88. The number of para-hydroxylation sites is 1. The van der Waals surface area contributed by atoms with Gasteiger partial charge in [0.2, 0.25) is 0 Å². The number of rotatable bonds is 3. The Morgan fingerprint density at radius 3 is 2.68 bits per heavy atom. The SMILES string of the molecule is CC1=NC2=C(C(=O)CCC2)[C@H](c2coc3ccccc3c2=O)C1C(=O)OC1CCCC1. The van der Waals surface area contributed by atoms with Crippen LogP contribution in [0.4, 0.5) is 0 Å². The topological polar surface area (TPSA) is 85.9 Å². The lowest BCUT2D eigenvalue weighted by molar-refractivity contribution is -0.151. The number of Topliss-reactive ketones (excluding diaryl/α,β-unsaturated/α-hetero) is 1. The minimum atomic E-state index is -0.800. The number of ketones is 1. The van der Waals surface area contributed by atoms with Crippen LogP contribution in [0.25, 0.3) is 11.0 Å². The van der Waals surface area contributed by atoms with Crippen molar-refractivity contribution in [2.75, 3.05) is 0 Å². The van der Waals surface area contributed by atoms with Crippen LogP contribution in [0.5, 0.6) is 0 Å². The number of hydrogen-bond donors (Lipinski definition) is 0. The van der Waals surface area contributed by atoms with Crippen LogP contribution in [-0.2, 0) is 14.3 Å². The van der Waals surface area contributed by atoms with Crippen molar-refractivity contribution in [3.8, 4) is 0 Å². The van der Waals surface area contributed by atoms with Crippen molar-refractivity contribution in [2.45, 2.75) is 63.9 Å². The van der Waals surface area contributed by atoms with Gasteiger partial charge in [0.15, 0.2) is 11.2 Å². The van der Waals surface area contributed by atoms with E-state index in [4.69, 9.17) is 9.15 Å². The maximum absolute atomic E-state index is 13.4. The minimum absolute atomic E-state index is 0.0475. The molecule has 6 nitrogen and oxygen atoms in total. The number of fused-ring (bicyclic) bond motifs is 1. The summed E-state index contributed by atoms with van der Waals surface area (Å²) >= 11 is 0. The maximum atomic E-state index is 13.4. The first-order chi connectivity index (χ1) is 15.0. The van der Waals surface area contributed by atoms with Gasteiger partial charge >= 0.3 is 5.97 Å². The van der Waals surface area contributed by atoms with Gasteiger partial charge in [-0.05, 0) is 57.6 Å². The summed E-state index contributed by atoms with van der Waals surface area (Å²) < 4.78 is 11.6. The summed E-state index contributed by atoms with van der Waals surface area (Å²) in [5.41, 5.74) is 2.35. The zero-order valence-corrected chi connectivity index (χ0v) is 17.6. The highest BCUT2D eigenvalue weighted by Crippen LogP contribution is 2.43. The van der Waals surface area contributed by atoms with E-state index in [1.807, 2.05) is 0 Å². The summed E-state index contributed by atoms with van der Waals surface area (Å²) in [6, 6.07) is 7.02. The quantitative estimate of drug-likeness (QED) is 0.686. The number of ether oxygens (including phenoxy) is 1. The van der Waals surface area contributed by atoms with E-state index in [0.717, 1.165) is 32.1 Å². The Labute approximate surface area is 180 Å². The fourth-order valence-electron chi connectivity index (χ4n) is 5.20. The van der Waals surface area contributed by atoms with E-state index >= 15 is 0 Å². The van der Waals surface area contributed by atoms with Crippen molar-refractivity contribution in [1.29, 1.82) is 0 Å². The lowest BCUT2D eigenvalue weighted by Crippen LogP contribution is -2.40. The van der Waals surface area contributed by atoms with Gasteiger partial charge in [0.25, 0.3) is 0 Å². The van der Waals surface area contributed by atoms with Crippen LogP contribution in [0, 0.1) is 5.92 Å². The van der Waals surface area contributed by atoms with Gasteiger partial charge in [0.1, 0.15) is 17.6 Å². The number of nitrogens with zero attached hydrogens (tertiary/aromatic N) is 1. The lowest BCUT2D eigenvalue weighted by Gasteiger charge is -2.34. The Morgan fingerprint density at radius 2 is 1.87 bits per heavy atom. The first-order valence-corrected chi connectivity index (χ1v) is 11.1. The number of allylic oxidation sites excluding steroid dienone is 2. The molecule has 0 N–H and O–H groups in total. The average molecular weight is 419 g/mol. The minimum Gasteiger partial charge on any atom is -0.464 e. The highest BCUT2D eigenvalue weighted by Gasteiger charge is 2.45. The Balaban J connectivity index is 1.65. The summed E-state index contributed by atoms with van der Waals surface area (Å²) in [6.45, 7) is 1.79. The van der Waals surface area contributed by atoms with Crippen LogP contribution < -0.4 is 5.43 Å². The third-order valence-corrected chi connectivity index (χ3v) is 6.72. The van der Waals surface area contributed by atoms with Crippen LogP contribution in [0.1, 0.15) is 63.4 Å². The van der Waals surface area contributed by atoms with E-state index in [1.54, 1.807) is 31.2 Å². The Hall–Kier alpha value is -3.02. The highest BCUT2D eigenvalue weighted by molar-refractivity contribution is 6.09. The fraction of sp³-hybridized carbons (Fsp3) is 0.440. The van der Waals surface area contributed by atoms with Crippen LogP contribution in [0.3, 0.4) is 0 Å². The van der Waals surface area contributed by atoms with Gasteiger partial charge < -0.3 is 9.15 Å². The second-order valence-corrected chi connectivity index (χ2v) is 8.71. The molecule has 1 saturated carbocycles. The second-order valence-electron chi connectivity index (χ2n) is 8.71. The zero-order valence-electron chi connectivity index (χ0n) is 17.6. The largest absolute Gasteiger partial charge is 0.464 e. The van der Waals surface area contributed by atoms with E-state index in [0.29, 0.717) is 46.4 Å². The fourth-order valence-corrected chi connectivity index (χ4v) is 5.20. The number of carbonyl (C=O) groups is 2. The molecule has 5 rings (SSSR count). The molecule has 0 spiro atoms. The lowest BCUT2D eigenvalue weighted by atomic mass is 9.72. The molecule has 1 fully saturated rings. The van der Waals surface area contributed by atoms with E-state index < -0.39 is 17.8 Å². The number of aliphatic imine (C=N–C) groups is 1. The molecule has 160 valence electrons. The predicted octanol–water partition coefficient (Wildman–Crippen LogP) is 4.46. The van der Waals surface area contributed by atoms with Crippen molar-refractivity contribution in [1.82, 2.24) is 0 Å². The second kappa shape index (κ2) is 7.91. The summed E-state index contributed by atoms with van der Waals surface area (Å²) in [7, 11) is 0. The Bertz CT molecular complexity index is 1180. The van der Waals surface area contributed by atoms with Crippen molar-refractivity contribution in [3.05, 3.63) is 57.6 Å². The number of benzene rings is 1. The van der Waals surface area contributed by atoms with Crippen LogP contribution in [-0.4, -0.2) is 23.6 Å². The van der Waals surface area contributed by atoms with E-state index in [9.17, 15) is 14.4 Å². The summed E-state index contributed by atoms with van der Waals surface area (Å²) in [5, 5.41) is 0.438. The van der Waals surface area contributed by atoms with Crippen LogP contribution >= 0.6 is 0 Å². The summed E-state index contributed by atoms with van der Waals surface area (Å²) in [5.74, 6) is -1.98. The highest BCUT2D eigenvalue weighted by atomic mass is 16.5. The molecule has 1 unspecified atom stereocenters. The average Bonchev–Trinajstić information content (AvgIpc) is 3.26. The third-order valence-electron chi connectivity index (χ3n) is 6.72. The van der Waals surface area contributed by atoms with Gasteiger partial charge in [-0.25, -0.2) is 0 Å². The van der Waals surface area contributed by atoms with E-state index in [2.05, 4.69) is 4.99 Å². The maximum Gasteiger partial charge on any atom is 0.315 e. The first-order valence-electron chi connectivity index (χ1n) is 11.1. The van der Waals surface area contributed by atoms with E-state index in [1.165, 1.54) is 6.26 Å². The molecule has 0 amide bonds. The molecule has 0 saturated heterocycles. The number of esters is 1. The molecule has 1 aliphatic heterocycles. The van der Waals surface area contributed by atoms with E-state index in [-0.39, 0.29) is 17.3 Å². The van der Waals surface area contributed by atoms with Gasteiger partial charge in [-0.15, -0.1) is 0 Å².